The first kappa shape index (κ1) is 12.0. The summed E-state index contributed by atoms with van der Waals surface area (Å²) in [5, 5.41) is 3.09. The molecule has 1 aliphatic heterocycles. The van der Waals surface area contributed by atoms with Crippen molar-refractivity contribution in [1.82, 2.24) is 0 Å². The van der Waals surface area contributed by atoms with Crippen molar-refractivity contribution < 1.29 is 9.53 Å². The van der Waals surface area contributed by atoms with Crippen molar-refractivity contribution in [3.8, 4) is 5.75 Å². The number of benzene rings is 2. The second-order valence-electron chi connectivity index (χ2n) is 3.76. The summed E-state index contributed by atoms with van der Waals surface area (Å²) in [5.74, 6) is 0.294. The monoisotopic (exact) mass is 242 g/mol. The van der Waals surface area contributed by atoms with Crippen LogP contribution < -0.4 is 15.8 Å². The number of primary amides is 1. The van der Waals surface area contributed by atoms with Crippen LogP contribution in [0.1, 0.15) is 10.4 Å². The van der Waals surface area contributed by atoms with Gasteiger partial charge in [-0.25, -0.2) is 0 Å². The predicted octanol–water partition coefficient (Wildman–Crippen LogP) is 2.54. The molecule has 92 valence electrons. The number of anilines is 2. The molecule has 3 rings (SSSR count). The van der Waals surface area contributed by atoms with Crippen molar-refractivity contribution in [2.75, 3.05) is 12.4 Å². The van der Waals surface area contributed by atoms with Crippen molar-refractivity contribution in [3.63, 3.8) is 0 Å². The Labute approximate surface area is 105 Å². The van der Waals surface area contributed by atoms with E-state index in [1.807, 2.05) is 12.1 Å². The van der Waals surface area contributed by atoms with Crippen LogP contribution in [0, 0.1) is 0 Å². The zero-order chi connectivity index (χ0) is 13.0. The lowest BCUT2D eigenvalue weighted by Gasteiger charge is -1.98. The van der Waals surface area contributed by atoms with Crippen molar-refractivity contribution in [3.05, 3.63) is 54.1 Å². The molecule has 4 heteroatoms. The third-order valence-electron chi connectivity index (χ3n) is 2.51. The number of fused-ring (bicyclic) bond motifs is 1. The van der Waals surface area contributed by atoms with E-state index in [4.69, 9.17) is 10.5 Å². The fourth-order valence-electron chi connectivity index (χ4n) is 1.44. The van der Waals surface area contributed by atoms with Crippen LogP contribution in [0.5, 0.6) is 5.75 Å². The molecule has 0 spiro atoms. The second-order valence-corrected chi connectivity index (χ2v) is 3.76. The molecule has 0 aliphatic carbocycles. The van der Waals surface area contributed by atoms with Crippen LogP contribution in [-0.2, 0) is 0 Å². The Morgan fingerprint density at radius 1 is 1.06 bits per heavy atom. The number of carbonyl (C=O) groups is 1. The lowest BCUT2D eigenvalue weighted by atomic mass is 10.2. The highest BCUT2D eigenvalue weighted by Crippen LogP contribution is 2.36. The Hall–Kier alpha value is -2.49. The first-order valence-electron chi connectivity index (χ1n) is 5.50. The van der Waals surface area contributed by atoms with Gasteiger partial charge in [0.1, 0.15) is 5.75 Å². The zero-order valence-corrected chi connectivity index (χ0v) is 10.0. The number of carbonyl (C=O) groups excluding carboxylic acids is 1. The number of ether oxygens (including phenoxy) is 1. The smallest absolute Gasteiger partial charge is 0.248 e. The third kappa shape index (κ3) is 3.01. The number of hydrogen-bond donors (Lipinski definition) is 2. The maximum atomic E-state index is 10.6. The molecule has 3 N–H and O–H groups in total. The fraction of sp³-hybridized carbons (Fsp3) is 0.0714. The number of amides is 1. The lowest BCUT2D eigenvalue weighted by Crippen LogP contribution is -2.10. The second kappa shape index (κ2) is 5.23. The van der Waals surface area contributed by atoms with Crippen molar-refractivity contribution in [1.29, 1.82) is 0 Å². The molecule has 0 unspecified atom stereocenters. The number of nitrogens with two attached hydrogens (primary N) is 1. The molecule has 4 nitrogen and oxygen atoms in total. The molecule has 0 fully saturated rings. The molecule has 1 heterocycles. The van der Waals surface area contributed by atoms with Gasteiger partial charge in [-0.05, 0) is 36.4 Å². The number of nitrogens with one attached hydrogen (secondary N) is 1. The Morgan fingerprint density at radius 2 is 1.61 bits per heavy atom. The summed E-state index contributed by atoms with van der Waals surface area (Å²) in [6.45, 7) is 0. The quantitative estimate of drug-likeness (QED) is 0.678. The summed E-state index contributed by atoms with van der Waals surface area (Å²) in [6.07, 6.45) is 0. The lowest BCUT2D eigenvalue weighted by molar-refractivity contribution is 0.100. The Balaban J connectivity index is 0.000000146. The summed E-state index contributed by atoms with van der Waals surface area (Å²) in [4.78, 5) is 10.6. The van der Waals surface area contributed by atoms with E-state index in [-0.39, 0.29) is 0 Å². The molecule has 0 atom stereocenters. The van der Waals surface area contributed by atoms with Gasteiger partial charge in [0.25, 0.3) is 0 Å². The molecule has 1 amide bonds. The molecule has 2 aromatic rings. The molecule has 0 saturated carbocycles. The highest BCUT2D eigenvalue weighted by atomic mass is 16.5. The van der Waals surface area contributed by atoms with Gasteiger partial charge in [-0.2, -0.15) is 0 Å². The normalized spacial score (nSPS) is 10.3. The van der Waals surface area contributed by atoms with Gasteiger partial charge in [-0.1, -0.05) is 12.1 Å². The van der Waals surface area contributed by atoms with Crippen molar-refractivity contribution in [2.45, 2.75) is 0 Å². The molecular formula is C14H14N2O2. The number of methoxy groups -OCH3 is 1. The van der Waals surface area contributed by atoms with E-state index in [0.717, 1.165) is 5.75 Å². The van der Waals surface area contributed by atoms with Gasteiger partial charge in [0.05, 0.1) is 18.5 Å². The zero-order valence-electron chi connectivity index (χ0n) is 10.0. The minimum absolute atomic E-state index is 0.423. The summed E-state index contributed by atoms with van der Waals surface area (Å²) in [7, 11) is 1.57. The molecule has 0 radical (unpaired) electrons. The minimum Gasteiger partial charge on any atom is -0.497 e. The number of rotatable bonds is 2. The highest BCUT2D eigenvalue weighted by Gasteiger charge is 2.10. The van der Waals surface area contributed by atoms with Crippen LogP contribution >= 0.6 is 0 Å². The Bertz CT molecular complexity index is 529. The van der Waals surface area contributed by atoms with Crippen LogP contribution in [-0.4, -0.2) is 13.0 Å². The van der Waals surface area contributed by atoms with Crippen LogP contribution in [0.15, 0.2) is 48.5 Å². The number of para-hydroxylation sites is 2. The van der Waals surface area contributed by atoms with Crippen LogP contribution in [0.2, 0.25) is 0 Å². The molecular weight excluding hydrogens is 228 g/mol. The summed E-state index contributed by atoms with van der Waals surface area (Å²) >= 11 is 0. The molecule has 0 aromatic heterocycles. The van der Waals surface area contributed by atoms with Gasteiger partial charge in [0.2, 0.25) is 5.91 Å². The standard InChI is InChI=1S/C8H9NO2.C6H5N/c1-11-7-4-2-6(3-5-7)8(9)10;1-2-4-6-5(3-1)7-6/h2-5H,1H3,(H2,9,10);1-4,7H. The maximum Gasteiger partial charge on any atom is 0.248 e. The summed E-state index contributed by atoms with van der Waals surface area (Å²) in [6, 6.07) is 14.8. The molecule has 0 bridgehead atoms. The van der Waals surface area contributed by atoms with Gasteiger partial charge >= 0.3 is 0 Å². The Morgan fingerprint density at radius 3 is 2.00 bits per heavy atom. The van der Waals surface area contributed by atoms with E-state index in [1.54, 1.807) is 31.4 Å². The van der Waals surface area contributed by atoms with Gasteiger partial charge in [-0.3, -0.25) is 4.79 Å². The van der Waals surface area contributed by atoms with Crippen molar-refractivity contribution in [2.24, 2.45) is 5.73 Å². The Kier molecular flexibility index (Phi) is 3.48. The molecule has 0 saturated heterocycles. The average Bonchev–Trinajstić information content (AvgIpc) is 3.18. The van der Waals surface area contributed by atoms with Crippen molar-refractivity contribution >= 4 is 17.3 Å². The van der Waals surface area contributed by atoms with E-state index in [1.165, 1.54) is 11.4 Å². The van der Waals surface area contributed by atoms with Crippen LogP contribution in [0.4, 0.5) is 11.4 Å². The van der Waals surface area contributed by atoms with E-state index < -0.39 is 5.91 Å². The minimum atomic E-state index is -0.423. The molecule has 1 aliphatic rings. The molecule has 2 aromatic carbocycles. The average molecular weight is 242 g/mol. The van der Waals surface area contributed by atoms with Gasteiger partial charge in [0.15, 0.2) is 0 Å². The van der Waals surface area contributed by atoms with E-state index in [2.05, 4.69) is 17.4 Å². The van der Waals surface area contributed by atoms with Gasteiger partial charge in [-0.15, -0.1) is 0 Å². The highest BCUT2D eigenvalue weighted by molar-refractivity contribution is 5.92. The predicted molar refractivity (Wildman–Crippen MR) is 71.2 cm³/mol. The van der Waals surface area contributed by atoms with Gasteiger partial charge in [0, 0.05) is 5.56 Å². The molecule has 18 heavy (non-hydrogen) atoms. The van der Waals surface area contributed by atoms with Crippen LogP contribution in [0.25, 0.3) is 0 Å². The fourth-order valence-corrected chi connectivity index (χ4v) is 1.44. The maximum absolute atomic E-state index is 10.6. The van der Waals surface area contributed by atoms with Crippen LogP contribution in [0.3, 0.4) is 0 Å². The topological polar surface area (TPSA) is 74.3 Å². The number of hydrogen-bond acceptors (Lipinski definition) is 3. The first-order chi connectivity index (χ1) is 8.70. The SMILES string of the molecule is COc1ccc(C(N)=O)cc1.c1ccc2c(c1)N2. The summed E-state index contributed by atoms with van der Waals surface area (Å²) in [5.41, 5.74) is 8.08. The van der Waals surface area contributed by atoms with E-state index >= 15 is 0 Å². The van der Waals surface area contributed by atoms with E-state index in [9.17, 15) is 4.79 Å². The first-order valence-corrected chi connectivity index (χ1v) is 5.50. The third-order valence-corrected chi connectivity index (χ3v) is 2.51. The summed E-state index contributed by atoms with van der Waals surface area (Å²) < 4.78 is 4.90. The largest absolute Gasteiger partial charge is 0.497 e. The van der Waals surface area contributed by atoms with Gasteiger partial charge < -0.3 is 15.8 Å². The van der Waals surface area contributed by atoms with E-state index in [0.29, 0.717) is 5.56 Å².